The highest BCUT2D eigenvalue weighted by molar-refractivity contribution is 7.99. The molecule has 2 aromatic rings. The Balaban J connectivity index is 1.71. The van der Waals surface area contributed by atoms with Gasteiger partial charge < -0.3 is 9.64 Å². The molecule has 1 saturated heterocycles. The predicted molar refractivity (Wildman–Crippen MR) is 89.0 cm³/mol. The van der Waals surface area contributed by atoms with Crippen LogP contribution < -0.4 is 0 Å². The Bertz CT molecular complexity index is 695. The molecular weight excluding hydrogens is 312 g/mol. The highest BCUT2D eigenvalue weighted by atomic mass is 32.2. The van der Waals surface area contributed by atoms with Gasteiger partial charge in [-0.25, -0.2) is 0 Å². The number of ether oxygens (including phenoxy) is 1. The summed E-state index contributed by atoms with van der Waals surface area (Å²) < 4.78 is 7.22. The summed E-state index contributed by atoms with van der Waals surface area (Å²) in [6.07, 6.45) is 1.70. The molecule has 0 radical (unpaired) electrons. The number of hydrogen-bond acceptors (Lipinski definition) is 5. The highest BCUT2D eigenvalue weighted by Crippen LogP contribution is 2.23. The molecule has 1 aliphatic rings. The van der Waals surface area contributed by atoms with Crippen LogP contribution in [0.5, 0.6) is 0 Å². The fourth-order valence-electron chi connectivity index (χ4n) is 2.50. The molecule has 1 aliphatic heterocycles. The van der Waals surface area contributed by atoms with Gasteiger partial charge in [-0.3, -0.25) is 9.36 Å². The minimum Gasteiger partial charge on any atom is -0.378 e. The number of aryl methyl sites for hydroxylation is 2. The van der Waals surface area contributed by atoms with Gasteiger partial charge in [0.2, 0.25) is 5.91 Å². The van der Waals surface area contributed by atoms with E-state index in [1.807, 2.05) is 9.47 Å². The summed E-state index contributed by atoms with van der Waals surface area (Å²) in [4.78, 5) is 14.1. The van der Waals surface area contributed by atoms with Crippen molar-refractivity contribution in [2.45, 2.75) is 19.0 Å². The summed E-state index contributed by atoms with van der Waals surface area (Å²) in [7, 11) is 0. The van der Waals surface area contributed by atoms with Gasteiger partial charge in [-0.1, -0.05) is 23.9 Å². The molecule has 0 N–H and O–H groups in total. The predicted octanol–water partition coefficient (Wildman–Crippen LogP) is 1.84. The van der Waals surface area contributed by atoms with E-state index in [0.29, 0.717) is 32.1 Å². The largest absolute Gasteiger partial charge is 0.378 e. The van der Waals surface area contributed by atoms with Crippen molar-refractivity contribution in [3.05, 3.63) is 35.7 Å². The van der Waals surface area contributed by atoms with E-state index in [2.05, 4.69) is 42.2 Å². The van der Waals surface area contributed by atoms with E-state index in [-0.39, 0.29) is 5.91 Å². The summed E-state index contributed by atoms with van der Waals surface area (Å²) in [5.74, 6) is 0.484. The summed E-state index contributed by atoms with van der Waals surface area (Å²) >= 11 is 1.42. The third-order valence-electron chi connectivity index (χ3n) is 3.83. The Kier molecular flexibility index (Phi) is 4.97. The van der Waals surface area contributed by atoms with Gasteiger partial charge in [-0.05, 0) is 31.0 Å². The van der Waals surface area contributed by atoms with Crippen LogP contribution >= 0.6 is 11.8 Å². The lowest BCUT2D eigenvalue weighted by Gasteiger charge is -2.26. The van der Waals surface area contributed by atoms with Gasteiger partial charge in [-0.15, -0.1) is 10.2 Å². The van der Waals surface area contributed by atoms with Gasteiger partial charge in [0.05, 0.1) is 24.7 Å². The summed E-state index contributed by atoms with van der Waals surface area (Å²) in [6, 6.07) is 6.27. The minimum absolute atomic E-state index is 0.119. The van der Waals surface area contributed by atoms with Crippen molar-refractivity contribution in [3.8, 4) is 5.69 Å². The van der Waals surface area contributed by atoms with Gasteiger partial charge in [0, 0.05) is 13.1 Å². The number of carbonyl (C=O) groups is 1. The molecule has 0 aliphatic carbocycles. The molecule has 0 atom stereocenters. The second-order valence-electron chi connectivity index (χ2n) is 5.56. The van der Waals surface area contributed by atoms with Crippen LogP contribution in [0.3, 0.4) is 0 Å². The topological polar surface area (TPSA) is 60.2 Å². The molecule has 1 amide bonds. The van der Waals surface area contributed by atoms with Crippen LogP contribution in [0.4, 0.5) is 0 Å². The lowest BCUT2D eigenvalue weighted by Crippen LogP contribution is -2.41. The third kappa shape index (κ3) is 3.73. The van der Waals surface area contributed by atoms with Crippen LogP contribution in [0.1, 0.15) is 11.1 Å². The van der Waals surface area contributed by atoms with Gasteiger partial charge in [0.25, 0.3) is 0 Å². The van der Waals surface area contributed by atoms with Crippen LogP contribution in [0, 0.1) is 13.8 Å². The van der Waals surface area contributed by atoms with E-state index in [4.69, 9.17) is 4.74 Å². The molecule has 0 bridgehead atoms. The van der Waals surface area contributed by atoms with Gasteiger partial charge in [0.15, 0.2) is 5.16 Å². The zero-order valence-corrected chi connectivity index (χ0v) is 14.2. The molecule has 1 aromatic heterocycles. The van der Waals surface area contributed by atoms with Crippen molar-refractivity contribution in [2.75, 3.05) is 32.1 Å². The molecular formula is C16H20N4O2S. The van der Waals surface area contributed by atoms with Crippen molar-refractivity contribution in [1.29, 1.82) is 0 Å². The maximum Gasteiger partial charge on any atom is 0.233 e. The Morgan fingerprint density at radius 3 is 2.87 bits per heavy atom. The van der Waals surface area contributed by atoms with Crippen molar-refractivity contribution in [3.63, 3.8) is 0 Å². The van der Waals surface area contributed by atoms with E-state index in [9.17, 15) is 4.79 Å². The zero-order valence-electron chi connectivity index (χ0n) is 13.4. The van der Waals surface area contributed by atoms with Crippen LogP contribution in [0.25, 0.3) is 5.69 Å². The maximum absolute atomic E-state index is 12.3. The lowest BCUT2D eigenvalue weighted by atomic mass is 10.1. The fourth-order valence-corrected chi connectivity index (χ4v) is 3.32. The lowest BCUT2D eigenvalue weighted by molar-refractivity contribution is -0.132. The number of carbonyl (C=O) groups excluding carboxylic acids is 1. The third-order valence-corrected chi connectivity index (χ3v) is 4.76. The number of aromatic nitrogens is 3. The number of hydrogen-bond donors (Lipinski definition) is 0. The second kappa shape index (κ2) is 7.14. The first-order chi connectivity index (χ1) is 11.1. The summed E-state index contributed by atoms with van der Waals surface area (Å²) in [5.41, 5.74) is 3.38. The number of morpholine rings is 1. The average Bonchev–Trinajstić information content (AvgIpc) is 3.04. The van der Waals surface area contributed by atoms with E-state index in [1.165, 1.54) is 17.3 Å². The molecule has 6 nitrogen and oxygen atoms in total. The number of thioether (sulfide) groups is 1. The van der Waals surface area contributed by atoms with Crippen molar-refractivity contribution in [1.82, 2.24) is 19.7 Å². The first-order valence-electron chi connectivity index (χ1n) is 7.61. The smallest absolute Gasteiger partial charge is 0.233 e. The summed E-state index contributed by atoms with van der Waals surface area (Å²) in [5, 5.41) is 8.90. The Hall–Kier alpha value is -1.86. The molecule has 7 heteroatoms. The van der Waals surface area contributed by atoms with E-state index < -0.39 is 0 Å². The standard InChI is InChI=1S/C16H20N4O2S/c1-12-3-4-13(2)14(9-12)20-11-17-18-16(20)23-10-15(21)19-5-7-22-8-6-19/h3-4,9,11H,5-8,10H2,1-2H3. The summed E-state index contributed by atoms with van der Waals surface area (Å²) in [6.45, 7) is 6.69. The maximum atomic E-state index is 12.3. The van der Waals surface area contributed by atoms with Crippen molar-refractivity contribution >= 4 is 17.7 Å². The van der Waals surface area contributed by atoms with Crippen molar-refractivity contribution < 1.29 is 9.53 Å². The molecule has 0 saturated carbocycles. The minimum atomic E-state index is 0.119. The Morgan fingerprint density at radius 2 is 2.09 bits per heavy atom. The quantitative estimate of drug-likeness (QED) is 0.800. The van der Waals surface area contributed by atoms with Crippen LogP contribution in [-0.2, 0) is 9.53 Å². The molecule has 2 heterocycles. The molecule has 1 aromatic carbocycles. The number of rotatable bonds is 4. The normalized spacial score (nSPS) is 15.0. The first-order valence-corrected chi connectivity index (χ1v) is 8.59. The fraction of sp³-hybridized carbons (Fsp3) is 0.438. The van der Waals surface area contributed by atoms with Crippen LogP contribution in [0.15, 0.2) is 29.7 Å². The first kappa shape index (κ1) is 16.0. The SMILES string of the molecule is Cc1ccc(C)c(-n2cnnc2SCC(=O)N2CCOCC2)c1. The van der Waals surface area contributed by atoms with Crippen LogP contribution in [0.2, 0.25) is 0 Å². The monoisotopic (exact) mass is 332 g/mol. The van der Waals surface area contributed by atoms with Gasteiger partial charge >= 0.3 is 0 Å². The molecule has 1 fully saturated rings. The molecule has 0 unspecified atom stereocenters. The number of nitrogens with zero attached hydrogens (tertiary/aromatic N) is 4. The molecule has 23 heavy (non-hydrogen) atoms. The molecule has 0 spiro atoms. The Morgan fingerprint density at radius 1 is 1.30 bits per heavy atom. The molecule has 3 rings (SSSR count). The Labute approximate surface area is 139 Å². The van der Waals surface area contributed by atoms with E-state index >= 15 is 0 Å². The zero-order chi connectivity index (χ0) is 16.2. The highest BCUT2D eigenvalue weighted by Gasteiger charge is 2.18. The second-order valence-corrected chi connectivity index (χ2v) is 6.50. The van der Waals surface area contributed by atoms with Crippen LogP contribution in [-0.4, -0.2) is 57.6 Å². The van der Waals surface area contributed by atoms with Gasteiger partial charge in [0.1, 0.15) is 6.33 Å². The average molecular weight is 332 g/mol. The van der Waals surface area contributed by atoms with Crippen molar-refractivity contribution in [2.24, 2.45) is 0 Å². The molecule has 122 valence electrons. The van der Waals surface area contributed by atoms with Gasteiger partial charge in [-0.2, -0.15) is 0 Å². The van der Waals surface area contributed by atoms with E-state index in [0.717, 1.165) is 16.4 Å². The number of benzene rings is 1. The van der Waals surface area contributed by atoms with E-state index in [1.54, 1.807) is 6.33 Å². The number of amides is 1.